The number of hydrogen-bond acceptors (Lipinski definition) is 6. The molecule has 0 saturated carbocycles. The highest BCUT2D eigenvalue weighted by Crippen LogP contribution is 2.02. The van der Waals surface area contributed by atoms with Crippen molar-refractivity contribution in [2.75, 3.05) is 65.9 Å². The van der Waals surface area contributed by atoms with Crippen LogP contribution in [-0.2, 0) is 23.7 Å². The van der Waals surface area contributed by atoms with Crippen LogP contribution in [0, 0.1) is 0 Å². The molecule has 0 bridgehead atoms. The van der Waals surface area contributed by atoms with Crippen molar-refractivity contribution in [3.8, 4) is 0 Å². The van der Waals surface area contributed by atoms with E-state index in [1.807, 2.05) is 0 Å². The topological polar surface area (TPSA) is 57.2 Å². The summed E-state index contributed by atoms with van der Waals surface area (Å²) >= 11 is 0. The first-order valence-corrected chi connectivity index (χ1v) is 8.44. The minimum atomic E-state index is -0.190. The first kappa shape index (κ1) is 19.4. The zero-order chi connectivity index (χ0) is 15.9. The second kappa shape index (κ2) is 13.9. The second-order valence-electron chi connectivity index (χ2n) is 5.39. The average Bonchev–Trinajstić information content (AvgIpc) is 2.52. The Morgan fingerprint density at radius 1 is 0.864 bits per heavy atom. The number of carbonyl (C=O) groups excluding carboxylic acids is 1. The van der Waals surface area contributed by atoms with Crippen LogP contribution in [0.25, 0.3) is 0 Å². The summed E-state index contributed by atoms with van der Waals surface area (Å²) in [5.41, 5.74) is 0. The highest BCUT2D eigenvalue weighted by Gasteiger charge is 2.12. The van der Waals surface area contributed by atoms with E-state index in [0.717, 1.165) is 19.5 Å². The van der Waals surface area contributed by atoms with Crippen LogP contribution in [0.1, 0.15) is 32.6 Å². The van der Waals surface area contributed by atoms with Gasteiger partial charge in [-0.3, -0.25) is 9.69 Å². The van der Waals surface area contributed by atoms with Crippen LogP contribution in [0.5, 0.6) is 0 Å². The summed E-state index contributed by atoms with van der Waals surface area (Å²) < 4.78 is 21.4. The quantitative estimate of drug-likeness (QED) is 0.565. The second-order valence-corrected chi connectivity index (χ2v) is 5.39. The third-order valence-corrected chi connectivity index (χ3v) is 3.47. The van der Waals surface area contributed by atoms with E-state index in [9.17, 15) is 4.79 Å². The van der Waals surface area contributed by atoms with Crippen molar-refractivity contribution in [3.05, 3.63) is 0 Å². The van der Waals surface area contributed by atoms with E-state index in [1.54, 1.807) is 0 Å². The zero-order valence-electron chi connectivity index (χ0n) is 13.9. The summed E-state index contributed by atoms with van der Waals surface area (Å²) in [6, 6.07) is 0. The minimum absolute atomic E-state index is 0.190. The SMILES string of the molecule is CCCCCCN1CCOCCOCCOCCOC(=O)C1. The fourth-order valence-electron chi connectivity index (χ4n) is 2.21. The van der Waals surface area contributed by atoms with Crippen LogP contribution in [0.3, 0.4) is 0 Å². The molecular formula is C16H31NO5. The van der Waals surface area contributed by atoms with Crippen molar-refractivity contribution >= 4 is 5.97 Å². The molecule has 6 heteroatoms. The minimum Gasteiger partial charge on any atom is -0.462 e. The maximum absolute atomic E-state index is 11.8. The predicted molar refractivity (Wildman–Crippen MR) is 84.0 cm³/mol. The number of nitrogens with zero attached hydrogens (tertiary/aromatic N) is 1. The maximum Gasteiger partial charge on any atom is 0.320 e. The number of hydrogen-bond donors (Lipinski definition) is 0. The lowest BCUT2D eigenvalue weighted by molar-refractivity contribution is -0.146. The Labute approximate surface area is 134 Å². The normalized spacial score (nSPS) is 20.9. The van der Waals surface area contributed by atoms with Crippen molar-refractivity contribution in [3.63, 3.8) is 0 Å². The van der Waals surface area contributed by atoms with E-state index in [0.29, 0.717) is 52.8 Å². The third kappa shape index (κ3) is 11.0. The summed E-state index contributed by atoms with van der Waals surface area (Å²) in [5.74, 6) is -0.190. The number of esters is 1. The van der Waals surface area contributed by atoms with Gasteiger partial charge in [0.25, 0.3) is 0 Å². The van der Waals surface area contributed by atoms with Crippen LogP contribution in [0.15, 0.2) is 0 Å². The number of carbonyl (C=O) groups is 1. The maximum atomic E-state index is 11.8. The number of unbranched alkanes of at least 4 members (excludes halogenated alkanes) is 3. The van der Waals surface area contributed by atoms with Crippen LogP contribution < -0.4 is 0 Å². The predicted octanol–water partition coefficient (Wildman–Crippen LogP) is 1.48. The summed E-state index contributed by atoms with van der Waals surface area (Å²) in [6.45, 7) is 7.72. The first-order valence-electron chi connectivity index (χ1n) is 8.44. The molecule has 1 rings (SSSR count). The standard InChI is InChI=1S/C16H31NO5/c1-2-3-4-5-6-17-7-8-19-9-10-20-11-12-21-13-14-22-16(18)15-17/h2-15H2,1H3. The van der Waals surface area contributed by atoms with E-state index >= 15 is 0 Å². The van der Waals surface area contributed by atoms with Gasteiger partial charge in [-0.15, -0.1) is 0 Å². The molecule has 0 aromatic heterocycles. The molecule has 1 fully saturated rings. The van der Waals surface area contributed by atoms with E-state index in [2.05, 4.69) is 11.8 Å². The zero-order valence-corrected chi connectivity index (χ0v) is 13.9. The number of cyclic esters (lactones) is 1. The Morgan fingerprint density at radius 3 is 2.18 bits per heavy atom. The van der Waals surface area contributed by atoms with Gasteiger partial charge in [-0.05, 0) is 13.0 Å². The first-order chi connectivity index (χ1) is 10.8. The van der Waals surface area contributed by atoms with Gasteiger partial charge in [0.2, 0.25) is 0 Å². The van der Waals surface area contributed by atoms with Crippen molar-refractivity contribution in [2.24, 2.45) is 0 Å². The molecule has 0 N–H and O–H groups in total. The number of rotatable bonds is 5. The van der Waals surface area contributed by atoms with Gasteiger partial charge >= 0.3 is 5.97 Å². The van der Waals surface area contributed by atoms with Crippen molar-refractivity contribution in [1.82, 2.24) is 4.90 Å². The van der Waals surface area contributed by atoms with Crippen LogP contribution in [-0.4, -0.2) is 76.8 Å². The molecule has 0 spiro atoms. The Hall–Kier alpha value is -0.690. The van der Waals surface area contributed by atoms with Gasteiger partial charge < -0.3 is 18.9 Å². The Balaban J connectivity index is 2.32. The van der Waals surface area contributed by atoms with E-state index < -0.39 is 0 Å². The molecule has 22 heavy (non-hydrogen) atoms. The van der Waals surface area contributed by atoms with Crippen molar-refractivity contribution < 1.29 is 23.7 Å². The smallest absolute Gasteiger partial charge is 0.320 e. The van der Waals surface area contributed by atoms with Crippen molar-refractivity contribution in [2.45, 2.75) is 32.6 Å². The highest BCUT2D eigenvalue weighted by molar-refractivity contribution is 5.71. The summed E-state index contributed by atoms with van der Waals surface area (Å²) in [6.07, 6.45) is 4.76. The van der Waals surface area contributed by atoms with Gasteiger partial charge in [0.1, 0.15) is 6.61 Å². The molecule has 1 heterocycles. The summed E-state index contributed by atoms with van der Waals surface area (Å²) in [4.78, 5) is 13.9. The van der Waals surface area contributed by atoms with Gasteiger partial charge in [0.15, 0.2) is 0 Å². The molecule has 0 aromatic carbocycles. The molecule has 0 amide bonds. The average molecular weight is 317 g/mol. The monoisotopic (exact) mass is 317 g/mol. The molecule has 1 saturated heterocycles. The summed E-state index contributed by atoms with van der Waals surface area (Å²) in [7, 11) is 0. The molecule has 0 aromatic rings. The van der Waals surface area contributed by atoms with E-state index in [4.69, 9.17) is 18.9 Å². The van der Waals surface area contributed by atoms with Gasteiger partial charge in [-0.2, -0.15) is 0 Å². The van der Waals surface area contributed by atoms with Gasteiger partial charge in [-0.1, -0.05) is 26.2 Å². The lowest BCUT2D eigenvalue weighted by atomic mass is 10.2. The van der Waals surface area contributed by atoms with Gasteiger partial charge in [0, 0.05) is 6.54 Å². The fraction of sp³-hybridized carbons (Fsp3) is 0.938. The van der Waals surface area contributed by atoms with Gasteiger partial charge in [0.05, 0.1) is 46.2 Å². The molecule has 130 valence electrons. The van der Waals surface area contributed by atoms with Crippen LogP contribution in [0.4, 0.5) is 0 Å². The molecule has 1 aliphatic heterocycles. The van der Waals surface area contributed by atoms with Gasteiger partial charge in [-0.25, -0.2) is 0 Å². The fourth-order valence-corrected chi connectivity index (χ4v) is 2.21. The van der Waals surface area contributed by atoms with Crippen molar-refractivity contribution in [1.29, 1.82) is 0 Å². The number of ether oxygens (including phenoxy) is 4. The molecule has 0 aliphatic carbocycles. The third-order valence-electron chi connectivity index (χ3n) is 3.47. The van der Waals surface area contributed by atoms with E-state index in [-0.39, 0.29) is 5.97 Å². The summed E-state index contributed by atoms with van der Waals surface area (Å²) in [5, 5.41) is 0. The molecule has 0 radical (unpaired) electrons. The Morgan fingerprint density at radius 2 is 1.50 bits per heavy atom. The molecule has 0 unspecified atom stereocenters. The van der Waals surface area contributed by atoms with Crippen LogP contribution >= 0.6 is 0 Å². The Kier molecular flexibility index (Phi) is 12.3. The molecular weight excluding hydrogens is 286 g/mol. The molecule has 1 aliphatic rings. The van der Waals surface area contributed by atoms with E-state index in [1.165, 1.54) is 19.3 Å². The molecule has 6 nitrogen and oxygen atoms in total. The van der Waals surface area contributed by atoms with Crippen LogP contribution in [0.2, 0.25) is 0 Å². The Bertz CT molecular complexity index is 275. The molecule has 0 atom stereocenters. The lowest BCUT2D eigenvalue weighted by Crippen LogP contribution is -2.35. The largest absolute Gasteiger partial charge is 0.462 e. The highest BCUT2D eigenvalue weighted by atomic mass is 16.6. The lowest BCUT2D eigenvalue weighted by Gasteiger charge is -2.21.